The number of rotatable bonds is 5. The SMILES string of the molecule is C1CCC(N(C2CCCCC2)C2CCC3C(C2)C2CCCCC2N3C2CCC(C3CCNNC3)CC2)CC1. The van der Waals surface area contributed by atoms with Gasteiger partial charge in [-0.25, -0.2) is 0 Å². The molecule has 2 aliphatic heterocycles. The van der Waals surface area contributed by atoms with Gasteiger partial charge in [0, 0.05) is 49.3 Å². The maximum atomic E-state index is 3.47. The molecule has 216 valence electrons. The monoisotopic (exact) mass is 524 g/mol. The smallest absolute Gasteiger partial charge is 0.0134 e. The van der Waals surface area contributed by atoms with Gasteiger partial charge in [-0.05, 0) is 114 Å². The van der Waals surface area contributed by atoms with Crippen LogP contribution in [0.5, 0.6) is 0 Å². The van der Waals surface area contributed by atoms with E-state index in [-0.39, 0.29) is 0 Å². The van der Waals surface area contributed by atoms with Crippen molar-refractivity contribution < 1.29 is 0 Å². The van der Waals surface area contributed by atoms with Gasteiger partial charge in [0.15, 0.2) is 0 Å². The van der Waals surface area contributed by atoms with E-state index in [1.54, 1.807) is 12.8 Å². The van der Waals surface area contributed by atoms with E-state index < -0.39 is 0 Å². The Kier molecular flexibility index (Phi) is 8.70. The Hall–Kier alpha value is -0.160. The summed E-state index contributed by atoms with van der Waals surface area (Å²) in [6.45, 7) is 2.37. The van der Waals surface area contributed by atoms with Crippen molar-refractivity contribution >= 4 is 0 Å². The first-order valence-electron chi connectivity index (χ1n) is 17.9. The van der Waals surface area contributed by atoms with Gasteiger partial charge in [0.1, 0.15) is 0 Å². The van der Waals surface area contributed by atoms with Crippen molar-refractivity contribution in [2.45, 2.75) is 178 Å². The topological polar surface area (TPSA) is 30.5 Å². The summed E-state index contributed by atoms with van der Waals surface area (Å²) < 4.78 is 0. The molecule has 0 aromatic carbocycles. The summed E-state index contributed by atoms with van der Waals surface area (Å²) in [4.78, 5) is 6.50. The number of likely N-dealkylation sites (tertiary alicyclic amines) is 1. The first kappa shape index (κ1) is 26.7. The van der Waals surface area contributed by atoms with Crippen LogP contribution in [0.2, 0.25) is 0 Å². The van der Waals surface area contributed by atoms with Gasteiger partial charge in [0.05, 0.1) is 0 Å². The van der Waals surface area contributed by atoms with Crippen molar-refractivity contribution in [2.75, 3.05) is 13.1 Å². The molecule has 7 rings (SSSR count). The van der Waals surface area contributed by atoms with Crippen molar-refractivity contribution in [3.63, 3.8) is 0 Å². The Balaban J connectivity index is 1.06. The number of fused-ring (bicyclic) bond motifs is 3. The molecule has 2 heterocycles. The first-order chi connectivity index (χ1) is 18.9. The maximum absolute atomic E-state index is 3.47. The van der Waals surface area contributed by atoms with Crippen LogP contribution in [0.3, 0.4) is 0 Å². The number of nitrogens with one attached hydrogen (secondary N) is 2. The molecule has 0 aromatic rings. The first-order valence-corrected chi connectivity index (χ1v) is 17.9. The quantitative estimate of drug-likeness (QED) is 0.404. The zero-order chi connectivity index (χ0) is 25.3. The van der Waals surface area contributed by atoms with Crippen molar-refractivity contribution in [1.82, 2.24) is 20.7 Å². The molecule has 4 heteroatoms. The lowest BCUT2D eigenvalue weighted by atomic mass is 9.71. The summed E-state index contributed by atoms with van der Waals surface area (Å²) in [7, 11) is 0. The lowest BCUT2D eigenvalue weighted by Gasteiger charge is -2.50. The normalized spacial score (nSPS) is 44.1. The van der Waals surface area contributed by atoms with Gasteiger partial charge in [-0.2, -0.15) is 0 Å². The third kappa shape index (κ3) is 5.39. The molecule has 4 nitrogen and oxygen atoms in total. The molecule has 6 atom stereocenters. The van der Waals surface area contributed by atoms with E-state index >= 15 is 0 Å². The van der Waals surface area contributed by atoms with Crippen LogP contribution in [0, 0.1) is 23.7 Å². The van der Waals surface area contributed by atoms with Crippen molar-refractivity contribution in [2.24, 2.45) is 23.7 Å². The molecule has 5 saturated carbocycles. The zero-order valence-electron chi connectivity index (χ0n) is 24.6. The van der Waals surface area contributed by atoms with E-state index in [0.29, 0.717) is 0 Å². The van der Waals surface area contributed by atoms with Gasteiger partial charge in [-0.15, -0.1) is 0 Å². The molecule has 7 fully saturated rings. The lowest BCUT2D eigenvalue weighted by Crippen LogP contribution is -2.55. The summed E-state index contributed by atoms with van der Waals surface area (Å²) >= 11 is 0. The minimum absolute atomic E-state index is 0.908. The summed E-state index contributed by atoms with van der Waals surface area (Å²) in [6.07, 6.45) is 33.1. The predicted octanol–water partition coefficient (Wildman–Crippen LogP) is 7.04. The van der Waals surface area contributed by atoms with E-state index in [2.05, 4.69) is 20.7 Å². The van der Waals surface area contributed by atoms with Gasteiger partial charge in [-0.1, -0.05) is 51.4 Å². The van der Waals surface area contributed by atoms with E-state index in [1.165, 1.54) is 142 Å². The third-order valence-electron chi connectivity index (χ3n) is 13.3. The number of hydrogen-bond acceptors (Lipinski definition) is 4. The van der Waals surface area contributed by atoms with Gasteiger partial charge < -0.3 is 0 Å². The zero-order valence-corrected chi connectivity index (χ0v) is 24.6. The van der Waals surface area contributed by atoms with Crippen LogP contribution in [-0.2, 0) is 0 Å². The van der Waals surface area contributed by atoms with E-state index in [0.717, 1.165) is 59.9 Å². The molecular weight excluding hydrogens is 464 g/mol. The molecule has 7 aliphatic rings. The molecule has 0 bridgehead atoms. The van der Waals surface area contributed by atoms with Gasteiger partial charge in [-0.3, -0.25) is 20.7 Å². The molecule has 6 unspecified atom stereocenters. The van der Waals surface area contributed by atoms with Gasteiger partial charge in [0.2, 0.25) is 0 Å². The highest BCUT2D eigenvalue weighted by molar-refractivity contribution is 5.08. The Morgan fingerprint density at radius 2 is 1.13 bits per heavy atom. The number of nitrogens with zero attached hydrogens (tertiary/aromatic N) is 2. The molecule has 0 amide bonds. The van der Waals surface area contributed by atoms with Crippen LogP contribution >= 0.6 is 0 Å². The highest BCUT2D eigenvalue weighted by Crippen LogP contribution is 2.53. The average Bonchev–Trinajstić information content (AvgIpc) is 3.33. The van der Waals surface area contributed by atoms with E-state index in [9.17, 15) is 0 Å². The Morgan fingerprint density at radius 1 is 0.474 bits per heavy atom. The highest BCUT2D eigenvalue weighted by Gasteiger charge is 2.54. The second kappa shape index (κ2) is 12.4. The van der Waals surface area contributed by atoms with Gasteiger partial charge in [0.25, 0.3) is 0 Å². The summed E-state index contributed by atoms with van der Waals surface area (Å²) in [5.74, 6) is 3.95. The second-order valence-electron chi connectivity index (χ2n) is 15.1. The summed E-state index contributed by atoms with van der Waals surface area (Å²) in [6, 6.07) is 5.54. The van der Waals surface area contributed by atoms with Crippen LogP contribution in [0.4, 0.5) is 0 Å². The molecule has 38 heavy (non-hydrogen) atoms. The maximum Gasteiger partial charge on any atom is 0.0134 e. The Labute approximate surface area is 234 Å². The second-order valence-corrected chi connectivity index (χ2v) is 15.1. The lowest BCUT2D eigenvalue weighted by molar-refractivity contribution is -0.00811. The van der Waals surface area contributed by atoms with Gasteiger partial charge >= 0.3 is 0 Å². The van der Waals surface area contributed by atoms with E-state index in [4.69, 9.17) is 0 Å². The van der Waals surface area contributed by atoms with Crippen molar-refractivity contribution in [1.29, 1.82) is 0 Å². The molecule has 5 aliphatic carbocycles. The number of hydrogen-bond donors (Lipinski definition) is 2. The highest BCUT2D eigenvalue weighted by atomic mass is 15.4. The standard InChI is InChI=1S/C34H60N4/c1-3-9-27(10-4-1)37(28-11-5-2-6-12-28)30-19-20-34-32(23-30)31-13-7-8-14-33(31)38(34)29-17-15-25(16-18-29)26-21-22-35-36-24-26/h25-36H,1-24H2. The van der Waals surface area contributed by atoms with Crippen molar-refractivity contribution in [3.05, 3.63) is 0 Å². The largest absolute Gasteiger partial charge is 0.294 e. The van der Waals surface area contributed by atoms with Crippen molar-refractivity contribution in [3.8, 4) is 0 Å². The number of hydrazine groups is 1. The molecular formula is C34H60N4. The molecule has 0 radical (unpaired) electrons. The molecule has 2 N–H and O–H groups in total. The Bertz CT molecular complexity index is 713. The Morgan fingerprint density at radius 3 is 1.82 bits per heavy atom. The fourth-order valence-electron chi connectivity index (χ4n) is 11.6. The predicted molar refractivity (Wildman–Crippen MR) is 158 cm³/mol. The molecule has 0 aromatic heterocycles. The fraction of sp³-hybridized carbons (Fsp3) is 1.00. The molecule has 0 spiro atoms. The molecule has 2 saturated heterocycles. The minimum Gasteiger partial charge on any atom is -0.294 e. The van der Waals surface area contributed by atoms with Crippen LogP contribution < -0.4 is 10.9 Å². The van der Waals surface area contributed by atoms with E-state index in [1.807, 2.05) is 0 Å². The summed E-state index contributed by atoms with van der Waals surface area (Å²) in [5.41, 5.74) is 6.83. The van der Waals surface area contributed by atoms with Crippen LogP contribution in [0.15, 0.2) is 0 Å². The summed E-state index contributed by atoms with van der Waals surface area (Å²) in [5, 5.41) is 0. The van der Waals surface area contributed by atoms with Crippen LogP contribution in [0.1, 0.15) is 141 Å². The minimum atomic E-state index is 0.908. The average molecular weight is 525 g/mol. The fourth-order valence-corrected chi connectivity index (χ4v) is 11.6. The van der Waals surface area contributed by atoms with Crippen LogP contribution in [-0.4, -0.2) is 59.1 Å². The third-order valence-corrected chi connectivity index (χ3v) is 13.3. The van der Waals surface area contributed by atoms with Crippen LogP contribution in [0.25, 0.3) is 0 Å².